The van der Waals surface area contributed by atoms with Crippen LogP contribution in [0.25, 0.3) is 5.76 Å². The van der Waals surface area contributed by atoms with Crippen molar-refractivity contribution in [2.24, 2.45) is 5.92 Å². The molecule has 5 heteroatoms. The molecule has 1 aromatic rings. The van der Waals surface area contributed by atoms with Gasteiger partial charge in [0.2, 0.25) is 8.32 Å². The molecule has 3 nitrogen and oxygen atoms in total. The van der Waals surface area contributed by atoms with Gasteiger partial charge in [0.15, 0.2) is 14.1 Å². The topological polar surface area (TPSA) is 27.7 Å². The highest BCUT2D eigenvalue weighted by Crippen LogP contribution is 2.51. The Hall–Kier alpha value is -0.886. The van der Waals surface area contributed by atoms with E-state index < -0.39 is 22.4 Å². The third kappa shape index (κ3) is 5.58. The van der Waals surface area contributed by atoms with Gasteiger partial charge in [0.1, 0.15) is 5.76 Å². The first-order chi connectivity index (χ1) is 11.0. The summed E-state index contributed by atoms with van der Waals surface area (Å²) in [6.45, 7) is 16.0. The van der Waals surface area contributed by atoms with Crippen LogP contribution in [-0.4, -0.2) is 29.0 Å². The summed E-state index contributed by atoms with van der Waals surface area (Å²) in [5, 5.41) is 0. The van der Waals surface area contributed by atoms with E-state index in [9.17, 15) is 0 Å². The van der Waals surface area contributed by atoms with Crippen molar-refractivity contribution in [2.75, 3.05) is 6.61 Å². The molecule has 0 aliphatic heterocycles. The third-order valence-electron chi connectivity index (χ3n) is 3.60. The minimum atomic E-state index is -1.70. The van der Waals surface area contributed by atoms with Gasteiger partial charge in [0.05, 0.1) is 0 Å². The van der Waals surface area contributed by atoms with E-state index in [0.29, 0.717) is 6.61 Å². The zero-order valence-electron chi connectivity index (χ0n) is 16.2. The number of hydrogen-bond acceptors (Lipinski definition) is 3. The summed E-state index contributed by atoms with van der Waals surface area (Å²) in [6.07, 6.45) is 3.14. The summed E-state index contributed by atoms with van der Waals surface area (Å²) in [4.78, 5) is 0. The van der Waals surface area contributed by atoms with Gasteiger partial charge in [-0.25, -0.2) is 0 Å². The largest absolute Gasteiger partial charge is 0.544 e. The zero-order chi connectivity index (χ0) is 18.0. The molecule has 0 heterocycles. The molecule has 0 spiro atoms. The SMILES string of the molecule is CCOC1(O[Si](C)(C)C)CC1/C=C(\O[Si](C)(C)C)c1ccccc1. The molecule has 1 saturated carbocycles. The molecule has 2 unspecified atom stereocenters. The van der Waals surface area contributed by atoms with Crippen LogP contribution in [0.5, 0.6) is 0 Å². The monoisotopic (exact) mass is 364 g/mol. The molecule has 24 heavy (non-hydrogen) atoms. The Balaban J connectivity index is 2.27. The van der Waals surface area contributed by atoms with E-state index >= 15 is 0 Å². The molecular formula is C19H32O3Si2. The van der Waals surface area contributed by atoms with Crippen molar-refractivity contribution in [3.8, 4) is 0 Å². The molecule has 134 valence electrons. The maximum absolute atomic E-state index is 6.38. The summed E-state index contributed by atoms with van der Waals surface area (Å²) in [7, 11) is -3.37. The summed E-state index contributed by atoms with van der Waals surface area (Å²) in [5.74, 6) is 0.790. The van der Waals surface area contributed by atoms with Gasteiger partial charge >= 0.3 is 0 Å². The Kier molecular flexibility index (Phi) is 5.80. The Morgan fingerprint density at radius 3 is 2.21 bits per heavy atom. The van der Waals surface area contributed by atoms with Crippen LogP contribution in [0.3, 0.4) is 0 Å². The van der Waals surface area contributed by atoms with E-state index in [1.807, 2.05) is 13.0 Å². The fourth-order valence-corrected chi connectivity index (χ4v) is 4.99. The van der Waals surface area contributed by atoms with Crippen molar-refractivity contribution < 1.29 is 13.6 Å². The fourth-order valence-electron chi connectivity index (χ4n) is 2.81. The highest BCUT2D eigenvalue weighted by Gasteiger charge is 2.58. The number of ether oxygens (including phenoxy) is 1. The zero-order valence-corrected chi connectivity index (χ0v) is 18.2. The molecule has 0 radical (unpaired) electrons. The number of benzene rings is 1. The van der Waals surface area contributed by atoms with Gasteiger partial charge in [-0.2, -0.15) is 0 Å². The molecule has 1 aliphatic carbocycles. The van der Waals surface area contributed by atoms with Crippen LogP contribution >= 0.6 is 0 Å². The Morgan fingerprint density at radius 1 is 1.08 bits per heavy atom. The van der Waals surface area contributed by atoms with Gasteiger partial charge in [0.25, 0.3) is 0 Å². The molecule has 1 aliphatic rings. The van der Waals surface area contributed by atoms with Crippen LogP contribution in [0.15, 0.2) is 36.4 Å². The quantitative estimate of drug-likeness (QED) is 0.347. The second kappa shape index (κ2) is 7.16. The van der Waals surface area contributed by atoms with E-state index in [1.54, 1.807) is 0 Å². The van der Waals surface area contributed by atoms with Crippen LogP contribution < -0.4 is 0 Å². The Labute approximate surface area is 149 Å². The van der Waals surface area contributed by atoms with Gasteiger partial charge in [-0.05, 0) is 52.3 Å². The standard InChI is InChI=1S/C19H32O3Si2/c1-8-20-19(22-24(5,6)7)15-17(19)14-18(21-23(2,3)4)16-12-10-9-11-13-16/h9-14,17H,8,15H2,1-7H3/b18-14-. The van der Waals surface area contributed by atoms with Crippen LogP contribution in [0.2, 0.25) is 39.3 Å². The lowest BCUT2D eigenvalue weighted by atomic mass is 10.1. The molecule has 2 rings (SSSR count). The molecule has 2 atom stereocenters. The predicted molar refractivity (Wildman–Crippen MR) is 106 cm³/mol. The lowest BCUT2D eigenvalue weighted by Crippen LogP contribution is -2.36. The Morgan fingerprint density at radius 2 is 1.71 bits per heavy atom. The fraction of sp³-hybridized carbons (Fsp3) is 0.579. The summed E-state index contributed by atoms with van der Waals surface area (Å²) < 4.78 is 18.8. The van der Waals surface area contributed by atoms with Gasteiger partial charge < -0.3 is 13.6 Å². The lowest BCUT2D eigenvalue weighted by molar-refractivity contribution is -0.114. The molecule has 1 fully saturated rings. The van der Waals surface area contributed by atoms with Crippen molar-refractivity contribution in [1.82, 2.24) is 0 Å². The molecule has 0 bridgehead atoms. The van der Waals surface area contributed by atoms with E-state index in [4.69, 9.17) is 13.6 Å². The van der Waals surface area contributed by atoms with Crippen molar-refractivity contribution in [3.63, 3.8) is 0 Å². The van der Waals surface area contributed by atoms with E-state index in [0.717, 1.165) is 17.7 Å². The van der Waals surface area contributed by atoms with E-state index in [2.05, 4.69) is 69.6 Å². The summed E-state index contributed by atoms with van der Waals surface area (Å²) >= 11 is 0. The summed E-state index contributed by atoms with van der Waals surface area (Å²) in [6, 6.07) is 10.4. The highest BCUT2D eigenvalue weighted by molar-refractivity contribution is 6.70. The molecule has 0 amide bonds. The van der Waals surface area contributed by atoms with Crippen LogP contribution in [0, 0.1) is 5.92 Å². The molecular weight excluding hydrogens is 332 g/mol. The maximum Gasteiger partial charge on any atom is 0.242 e. The van der Waals surface area contributed by atoms with Crippen LogP contribution in [0.4, 0.5) is 0 Å². The second-order valence-corrected chi connectivity index (χ2v) is 17.2. The minimum Gasteiger partial charge on any atom is -0.544 e. The van der Waals surface area contributed by atoms with Gasteiger partial charge in [-0.3, -0.25) is 0 Å². The molecule has 0 N–H and O–H groups in total. The first-order valence-electron chi connectivity index (χ1n) is 8.85. The minimum absolute atomic E-state index is 0.260. The number of rotatable bonds is 8. The smallest absolute Gasteiger partial charge is 0.242 e. The second-order valence-electron chi connectivity index (χ2n) is 8.38. The first kappa shape index (κ1) is 19.4. The van der Waals surface area contributed by atoms with Crippen LogP contribution in [0.1, 0.15) is 18.9 Å². The van der Waals surface area contributed by atoms with Gasteiger partial charge in [-0.1, -0.05) is 30.3 Å². The van der Waals surface area contributed by atoms with Gasteiger partial charge in [0, 0.05) is 24.5 Å². The number of hydrogen-bond donors (Lipinski definition) is 0. The first-order valence-corrected chi connectivity index (χ1v) is 15.7. The normalized spacial score (nSPS) is 24.8. The van der Waals surface area contributed by atoms with Crippen molar-refractivity contribution in [2.45, 2.75) is 58.4 Å². The van der Waals surface area contributed by atoms with Crippen LogP contribution in [-0.2, 0) is 13.6 Å². The third-order valence-corrected chi connectivity index (χ3v) is 5.39. The highest BCUT2D eigenvalue weighted by atomic mass is 28.4. The van der Waals surface area contributed by atoms with Gasteiger partial charge in [-0.15, -0.1) is 0 Å². The Bertz CT molecular complexity index is 573. The van der Waals surface area contributed by atoms with E-state index in [1.165, 1.54) is 0 Å². The average molecular weight is 365 g/mol. The maximum atomic E-state index is 6.38. The summed E-state index contributed by atoms with van der Waals surface area (Å²) in [5.41, 5.74) is 1.13. The lowest BCUT2D eigenvalue weighted by Gasteiger charge is -2.27. The van der Waals surface area contributed by atoms with Crippen molar-refractivity contribution in [1.29, 1.82) is 0 Å². The van der Waals surface area contributed by atoms with Crippen molar-refractivity contribution in [3.05, 3.63) is 42.0 Å². The average Bonchev–Trinajstić information content (AvgIpc) is 3.07. The molecule has 0 aromatic heterocycles. The molecule has 0 saturated heterocycles. The molecule has 1 aromatic carbocycles. The van der Waals surface area contributed by atoms with E-state index in [-0.39, 0.29) is 5.92 Å². The predicted octanol–water partition coefficient (Wildman–Crippen LogP) is 5.48. The van der Waals surface area contributed by atoms with Crippen molar-refractivity contribution >= 4 is 22.4 Å².